The lowest BCUT2D eigenvalue weighted by Gasteiger charge is -2.09. The van der Waals surface area contributed by atoms with Gasteiger partial charge < -0.3 is 10.2 Å². The van der Waals surface area contributed by atoms with E-state index in [0.717, 1.165) is 35.7 Å². The fourth-order valence-corrected chi connectivity index (χ4v) is 4.52. The lowest BCUT2D eigenvalue weighted by molar-refractivity contribution is 0.370. The molecule has 8 heteroatoms. The van der Waals surface area contributed by atoms with Crippen LogP contribution < -0.4 is 5.32 Å². The first-order chi connectivity index (χ1) is 14.7. The van der Waals surface area contributed by atoms with Crippen LogP contribution in [0.3, 0.4) is 0 Å². The van der Waals surface area contributed by atoms with Crippen molar-refractivity contribution in [2.24, 2.45) is 5.92 Å². The predicted molar refractivity (Wildman–Crippen MR) is 121 cm³/mol. The Morgan fingerprint density at radius 2 is 2.10 bits per heavy atom. The maximum Gasteiger partial charge on any atom is 0.247 e. The number of thioether (sulfide) groups is 1. The van der Waals surface area contributed by atoms with E-state index in [-0.39, 0.29) is 0 Å². The van der Waals surface area contributed by atoms with Crippen LogP contribution in [0.1, 0.15) is 6.42 Å². The monoisotopic (exact) mass is 419 g/mol. The molecule has 3 aromatic heterocycles. The molecule has 0 saturated carbocycles. The van der Waals surface area contributed by atoms with Crippen molar-refractivity contribution in [1.29, 1.82) is 0 Å². The van der Waals surface area contributed by atoms with Crippen molar-refractivity contribution in [2.45, 2.75) is 17.9 Å². The van der Waals surface area contributed by atoms with Crippen molar-refractivity contribution in [1.82, 2.24) is 29.3 Å². The highest BCUT2D eigenvalue weighted by molar-refractivity contribution is 7.98. The lowest BCUT2D eigenvalue weighted by atomic mass is 10.1. The van der Waals surface area contributed by atoms with E-state index in [9.17, 15) is 0 Å². The van der Waals surface area contributed by atoms with Gasteiger partial charge in [-0.2, -0.15) is 10.1 Å². The fourth-order valence-electron chi connectivity index (χ4n) is 4.06. The molecule has 1 aliphatic heterocycles. The van der Waals surface area contributed by atoms with Gasteiger partial charge in [-0.15, -0.1) is 16.9 Å². The molecule has 1 atom stereocenters. The smallest absolute Gasteiger partial charge is 0.247 e. The van der Waals surface area contributed by atoms with Crippen molar-refractivity contribution >= 4 is 29.0 Å². The molecule has 1 unspecified atom stereocenters. The zero-order chi connectivity index (χ0) is 20.5. The van der Waals surface area contributed by atoms with Gasteiger partial charge in [-0.05, 0) is 56.5 Å². The predicted octanol–water partition coefficient (Wildman–Crippen LogP) is 4.01. The van der Waals surface area contributed by atoms with Crippen LogP contribution in [0.5, 0.6) is 0 Å². The Balaban J connectivity index is 1.37. The fraction of sp³-hybridized carbons (Fsp3) is 0.318. The normalized spacial score (nSPS) is 17.1. The standard InChI is InChI=1S/C22H25N7S/c1-27-10-9-16(13-27)14-28-15-18(12-23-28)24-22-25-21-8-4-7-20(29(21)26-22)17-5-3-6-19(11-17)30-2/h3-8,11-12,15-16H,9-10,13-14H2,1-2H3,(H,24,26). The van der Waals surface area contributed by atoms with Crippen LogP contribution in [0.4, 0.5) is 11.6 Å². The van der Waals surface area contributed by atoms with Gasteiger partial charge >= 0.3 is 0 Å². The molecule has 30 heavy (non-hydrogen) atoms. The summed E-state index contributed by atoms with van der Waals surface area (Å²) >= 11 is 1.73. The molecular formula is C22H25N7S. The highest BCUT2D eigenvalue weighted by Crippen LogP contribution is 2.26. The number of hydrogen-bond donors (Lipinski definition) is 1. The number of anilines is 2. The minimum absolute atomic E-state index is 0.573. The Morgan fingerprint density at radius 3 is 2.93 bits per heavy atom. The van der Waals surface area contributed by atoms with E-state index in [4.69, 9.17) is 5.10 Å². The van der Waals surface area contributed by atoms with Gasteiger partial charge in [0.05, 0.1) is 17.6 Å². The second-order valence-corrected chi connectivity index (χ2v) is 8.72. The van der Waals surface area contributed by atoms with E-state index in [1.807, 2.05) is 33.7 Å². The number of nitrogens with one attached hydrogen (secondary N) is 1. The van der Waals surface area contributed by atoms with Crippen LogP contribution in [-0.2, 0) is 6.54 Å². The van der Waals surface area contributed by atoms with Crippen molar-refractivity contribution in [3.63, 3.8) is 0 Å². The molecule has 7 nitrogen and oxygen atoms in total. The maximum absolute atomic E-state index is 4.71. The summed E-state index contributed by atoms with van der Waals surface area (Å²) in [4.78, 5) is 8.25. The number of rotatable bonds is 6. The number of pyridine rings is 1. The zero-order valence-corrected chi connectivity index (χ0v) is 18.0. The molecule has 154 valence electrons. The Labute approximate surface area is 180 Å². The Kier molecular flexibility index (Phi) is 5.18. The van der Waals surface area contributed by atoms with E-state index in [1.165, 1.54) is 17.9 Å². The van der Waals surface area contributed by atoms with Crippen molar-refractivity contribution < 1.29 is 0 Å². The van der Waals surface area contributed by atoms with Gasteiger partial charge in [0.2, 0.25) is 5.95 Å². The second-order valence-electron chi connectivity index (χ2n) is 7.84. The lowest BCUT2D eigenvalue weighted by Crippen LogP contribution is -2.17. The summed E-state index contributed by atoms with van der Waals surface area (Å²) in [7, 11) is 2.18. The van der Waals surface area contributed by atoms with Crippen molar-refractivity contribution in [3.05, 3.63) is 54.9 Å². The van der Waals surface area contributed by atoms with E-state index < -0.39 is 0 Å². The number of nitrogens with zero attached hydrogens (tertiary/aromatic N) is 6. The molecule has 5 rings (SSSR count). The number of fused-ring (bicyclic) bond motifs is 1. The molecule has 1 saturated heterocycles. The van der Waals surface area contributed by atoms with Gasteiger partial charge in [0.1, 0.15) is 0 Å². The highest BCUT2D eigenvalue weighted by Gasteiger charge is 2.20. The Hall–Kier alpha value is -2.84. The quantitative estimate of drug-likeness (QED) is 0.477. The molecule has 0 bridgehead atoms. The summed E-state index contributed by atoms with van der Waals surface area (Å²) in [6.07, 6.45) is 7.19. The van der Waals surface area contributed by atoms with Gasteiger partial charge in [0, 0.05) is 29.7 Å². The maximum atomic E-state index is 4.71. The molecule has 1 aromatic carbocycles. The first-order valence-corrected chi connectivity index (χ1v) is 11.4. The number of aromatic nitrogens is 5. The first-order valence-electron chi connectivity index (χ1n) is 10.2. The topological polar surface area (TPSA) is 63.3 Å². The van der Waals surface area contributed by atoms with E-state index in [1.54, 1.807) is 11.8 Å². The van der Waals surface area contributed by atoms with Gasteiger partial charge in [-0.1, -0.05) is 18.2 Å². The molecule has 1 aliphatic rings. The highest BCUT2D eigenvalue weighted by atomic mass is 32.2. The van der Waals surface area contributed by atoms with Crippen LogP contribution in [0, 0.1) is 5.92 Å². The third-order valence-corrected chi connectivity index (χ3v) is 6.27. The molecule has 4 heterocycles. The average Bonchev–Trinajstić information content (AvgIpc) is 3.48. The molecule has 0 radical (unpaired) electrons. The van der Waals surface area contributed by atoms with Crippen molar-refractivity contribution in [3.8, 4) is 11.3 Å². The van der Waals surface area contributed by atoms with Gasteiger partial charge in [0.15, 0.2) is 5.65 Å². The van der Waals surface area contributed by atoms with E-state index in [0.29, 0.717) is 11.9 Å². The SMILES string of the molecule is CSc1cccc(-c2cccc3nc(Nc4cnn(CC5CCN(C)C5)c4)nn23)c1. The molecular weight excluding hydrogens is 394 g/mol. The summed E-state index contributed by atoms with van der Waals surface area (Å²) in [5, 5.41) is 12.5. The Morgan fingerprint density at radius 1 is 1.20 bits per heavy atom. The summed E-state index contributed by atoms with van der Waals surface area (Å²) in [6, 6.07) is 14.5. The largest absolute Gasteiger partial charge is 0.320 e. The Bertz CT molecular complexity index is 1170. The number of likely N-dealkylation sites (tertiary alicyclic amines) is 1. The first kappa shape index (κ1) is 19.1. The third-order valence-electron chi connectivity index (χ3n) is 5.55. The summed E-state index contributed by atoms with van der Waals surface area (Å²) in [5.41, 5.74) is 3.86. The molecule has 1 N–H and O–H groups in total. The minimum atomic E-state index is 0.573. The van der Waals surface area contributed by atoms with Crippen LogP contribution >= 0.6 is 11.8 Å². The molecule has 0 spiro atoms. The van der Waals surface area contributed by atoms with Crippen LogP contribution in [0.25, 0.3) is 16.9 Å². The molecule has 4 aromatic rings. The van der Waals surface area contributed by atoms with Crippen LogP contribution in [0.2, 0.25) is 0 Å². The molecule has 1 fully saturated rings. The van der Waals surface area contributed by atoms with Gasteiger partial charge in [0.25, 0.3) is 0 Å². The van der Waals surface area contributed by atoms with Crippen LogP contribution in [-0.4, -0.2) is 55.7 Å². The van der Waals surface area contributed by atoms with E-state index in [2.05, 4.69) is 63.9 Å². The number of benzene rings is 1. The minimum Gasteiger partial charge on any atom is -0.320 e. The molecule has 0 aliphatic carbocycles. The zero-order valence-electron chi connectivity index (χ0n) is 17.2. The number of hydrogen-bond acceptors (Lipinski definition) is 6. The summed E-state index contributed by atoms with van der Waals surface area (Å²) in [5.74, 6) is 1.24. The second kappa shape index (κ2) is 8.12. The third kappa shape index (κ3) is 3.93. The summed E-state index contributed by atoms with van der Waals surface area (Å²) in [6.45, 7) is 3.25. The average molecular weight is 420 g/mol. The van der Waals surface area contributed by atoms with Crippen molar-refractivity contribution in [2.75, 3.05) is 31.7 Å². The van der Waals surface area contributed by atoms with Gasteiger partial charge in [-0.3, -0.25) is 4.68 Å². The summed E-state index contributed by atoms with van der Waals surface area (Å²) < 4.78 is 3.90. The van der Waals surface area contributed by atoms with Crippen LogP contribution in [0.15, 0.2) is 59.8 Å². The van der Waals surface area contributed by atoms with E-state index >= 15 is 0 Å². The molecule has 0 amide bonds. The van der Waals surface area contributed by atoms with Gasteiger partial charge in [-0.25, -0.2) is 4.52 Å².